The fourth-order valence-electron chi connectivity index (χ4n) is 7.97. The first-order chi connectivity index (χ1) is 22.7. The fourth-order valence-corrected chi connectivity index (χ4v) is 7.97. The van der Waals surface area contributed by atoms with E-state index < -0.39 is 0 Å². The number of rotatable bonds is 2. The second-order valence-electron chi connectivity index (χ2n) is 12.7. The van der Waals surface area contributed by atoms with Crippen molar-refractivity contribution < 1.29 is 0 Å². The van der Waals surface area contributed by atoms with Crippen molar-refractivity contribution in [3.8, 4) is 11.4 Å². The lowest BCUT2D eigenvalue weighted by molar-refractivity contribution is 1.20. The highest BCUT2D eigenvalue weighted by Crippen LogP contribution is 2.43. The number of aromatic nitrogens is 2. The smallest absolute Gasteiger partial charge is 0.0547 e. The van der Waals surface area contributed by atoms with Crippen LogP contribution in [-0.2, 0) is 0 Å². The lowest BCUT2D eigenvalue weighted by atomic mass is 9.93. The molecule has 8 aromatic carbocycles. The Morgan fingerprint density at radius 1 is 0.283 bits per heavy atom. The van der Waals surface area contributed by atoms with Crippen LogP contribution in [0.2, 0.25) is 0 Å². The molecular weight excluding hydrogens is 556 g/mol. The summed E-state index contributed by atoms with van der Waals surface area (Å²) in [5.41, 5.74) is 9.87. The van der Waals surface area contributed by atoms with Crippen molar-refractivity contribution in [2.24, 2.45) is 0 Å². The van der Waals surface area contributed by atoms with Gasteiger partial charge >= 0.3 is 0 Å². The summed E-state index contributed by atoms with van der Waals surface area (Å²) in [7, 11) is 0. The van der Waals surface area contributed by atoms with Crippen molar-refractivity contribution in [1.82, 2.24) is 9.13 Å². The Kier molecular flexibility index (Phi) is 5.16. The Hall–Kier alpha value is -5.86. The summed E-state index contributed by atoms with van der Waals surface area (Å²) in [5.74, 6) is 0. The quantitative estimate of drug-likeness (QED) is 0.178. The van der Waals surface area contributed by atoms with Gasteiger partial charge < -0.3 is 9.13 Å². The number of hydrogen-bond acceptors (Lipinski definition) is 0. The second kappa shape index (κ2) is 9.32. The summed E-state index contributed by atoms with van der Waals surface area (Å²) in [6, 6.07) is 54.1. The first-order valence-corrected chi connectivity index (χ1v) is 16.0. The monoisotopic (exact) mass is 586 g/mol. The number of aryl methyl sites for hydroxylation is 2. The Balaban J connectivity index is 1.42. The van der Waals surface area contributed by atoms with Crippen molar-refractivity contribution in [2.75, 3.05) is 0 Å². The van der Waals surface area contributed by atoms with Gasteiger partial charge in [0, 0.05) is 32.3 Å². The van der Waals surface area contributed by atoms with E-state index in [1.807, 2.05) is 0 Å². The molecular formula is C44H30N2. The van der Waals surface area contributed by atoms with Gasteiger partial charge in [0.1, 0.15) is 0 Å². The molecule has 0 atom stereocenters. The number of para-hydroxylation sites is 4. The van der Waals surface area contributed by atoms with Crippen LogP contribution < -0.4 is 0 Å². The van der Waals surface area contributed by atoms with Gasteiger partial charge in [-0.15, -0.1) is 0 Å². The highest BCUT2D eigenvalue weighted by atomic mass is 15.0. The zero-order chi connectivity index (χ0) is 30.5. The van der Waals surface area contributed by atoms with Gasteiger partial charge in [-0.25, -0.2) is 0 Å². The van der Waals surface area contributed by atoms with Crippen LogP contribution >= 0.6 is 0 Å². The highest BCUT2D eigenvalue weighted by Gasteiger charge is 2.20. The van der Waals surface area contributed by atoms with Crippen LogP contribution in [0.3, 0.4) is 0 Å². The molecule has 0 spiro atoms. The first kappa shape index (κ1) is 25.5. The minimum atomic E-state index is 1.22. The van der Waals surface area contributed by atoms with Crippen molar-refractivity contribution in [3.05, 3.63) is 157 Å². The molecule has 10 aromatic rings. The molecule has 2 nitrogen and oxygen atoms in total. The number of fused-ring (bicyclic) bond motifs is 11. The van der Waals surface area contributed by atoms with Crippen molar-refractivity contribution >= 4 is 75.9 Å². The van der Waals surface area contributed by atoms with Gasteiger partial charge in [0.2, 0.25) is 0 Å². The molecule has 0 saturated heterocycles. The van der Waals surface area contributed by atoms with Crippen LogP contribution in [0, 0.1) is 13.8 Å². The minimum absolute atomic E-state index is 1.22. The van der Waals surface area contributed by atoms with Crippen LogP contribution in [0.25, 0.3) is 87.3 Å². The minimum Gasteiger partial charge on any atom is -0.309 e. The van der Waals surface area contributed by atoms with E-state index in [0.29, 0.717) is 0 Å². The Labute approximate surface area is 266 Å². The number of benzene rings is 8. The summed E-state index contributed by atoms with van der Waals surface area (Å²) in [5, 5.41) is 12.7. The van der Waals surface area contributed by atoms with Crippen LogP contribution in [0.15, 0.2) is 146 Å². The average Bonchev–Trinajstić information content (AvgIpc) is 3.60. The third-order valence-electron chi connectivity index (χ3n) is 9.98. The van der Waals surface area contributed by atoms with E-state index in [0.717, 1.165) is 0 Å². The van der Waals surface area contributed by atoms with Gasteiger partial charge in [0.05, 0.1) is 33.4 Å². The molecule has 2 heterocycles. The third kappa shape index (κ3) is 3.41. The molecule has 2 aromatic heterocycles. The van der Waals surface area contributed by atoms with E-state index in [2.05, 4.69) is 169 Å². The second-order valence-corrected chi connectivity index (χ2v) is 12.7. The molecule has 46 heavy (non-hydrogen) atoms. The van der Waals surface area contributed by atoms with Crippen molar-refractivity contribution in [1.29, 1.82) is 0 Å². The standard InChI is InChI=1S/C44H30N2/c1-27-19-21-29-35-26-44(46-41-17-9-5-13-33(41)34-14-6-10-18-42(34)46)38-24-28(2)20-22-30(38)36(35)25-43(37(29)23-27)45-39-15-7-3-11-31(39)32-12-4-8-16-40(32)45/h3-26H,1-2H3. The summed E-state index contributed by atoms with van der Waals surface area (Å²) in [6.07, 6.45) is 0. The van der Waals surface area contributed by atoms with Crippen LogP contribution in [-0.4, -0.2) is 9.13 Å². The first-order valence-electron chi connectivity index (χ1n) is 16.0. The van der Waals surface area contributed by atoms with E-state index in [9.17, 15) is 0 Å². The van der Waals surface area contributed by atoms with Crippen molar-refractivity contribution in [2.45, 2.75) is 13.8 Å². The molecule has 0 bridgehead atoms. The maximum absolute atomic E-state index is 2.48. The molecule has 0 saturated carbocycles. The molecule has 0 aliphatic heterocycles. The number of nitrogens with zero attached hydrogens (tertiary/aromatic N) is 2. The summed E-state index contributed by atoms with van der Waals surface area (Å²) in [4.78, 5) is 0. The lowest BCUT2D eigenvalue weighted by Crippen LogP contribution is -1.99. The Morgan fingerprint density at radius 2 is 0.609 bits per heavy atom. The van der Waals surface area contributed by atoms with Gasteiger partial charge in [0.25, 0.3) is 0 Å². The average molecular weight is 587 g/mol. The highest BCUT2D eigenvalue weighted by molar-refractivity contribution is 6.23. The SMILES string of the molecule is Cc1ccc2c(c1)c(-n1c3ccccc3c3ccccc31)cc1c3ccc(C)cc3c(-n3c4ccccc4c4ccccc43)cc21. The Morgan fingerprint density at radius 3 is 0.957 bits per heavy atom. The normalized spacial score (nSPS) is 12.1. The van der Waals surface area contributed by atoms with Crippen LogP contribution in [0.4, 0.5) is 0 Å². The fraction of sp³-hybridized carbons (Fsp3) is 0.0455. The topological polar surface area (TPSA) is 9.86 Å². The molecule has 0 radical (unpaired) electrons. The summed E-state index contributed by atoms with van der Waals surface area (Å²) < 4.78 is 4.96. The summed E-state index contributed by atoms with van der Waals surface area (Å²) >= 11 is 0. The van der Waals surface area contributed by atoms with Gasteiger partial charge in [-0.05, 0) is 83.9 Å². The predicted octanol–water partition coefficient (Wildman–Crippen LogP) is 12.0. The molecule has 0 fully saturated rings. The zero-order valence-corrected chi connectivity index (χ0v) is 25.8. The zero-order valence-electron chi connectivity index (χ0n) is 25.8. The van der Waals surface area contributed by atoms with E-state index in [-0.39, 0.29) is 0 Å². The van der Waals surface area contributed by atoms with Gasteiger partial charge in [-0.3, -0.25) is 0 Å². The predicted molar refractivity (Wildman–Crippen MR) is 197 cm³/mol. The lowest BCUT2D eigenvalue weighted by Gasteiger charge is -2.19. The summed E-state index contributed by atoms with van der Waals surface area (Å²) in [6.45, 7) is 4.40. The van der Waals surface area contributed by atoms with Gasteiger partial charge in [0.15, 0.2) is 0 Å². The van der Waals surface area contributed by atoms with Crippen molar-refractivity contribution in [3.63, 3.8) is 0 Å². The van der Waals surface area contributed by atoms with Crippen LogP contribution in [0.1, 0.15) is 11.1 Å². The maximum atomic E-state index is 2.48. The van der Waals surface area contributed by atoms with E-state index in [4.69, 9.17) is 0 Å². The maximum Gasteiger partial charge on any atom is 0.0547 e. The molecule has 0 N–H and O–H groups in total. The van der Waals surface area contributed by atoms with Gasteiger partial charge in [-0.1, -0.05) is 108 Å². The molecule has 10 rings (SSSR count). The largest absolute Gasteiger partial charge is 0.309 e. The van der Waals surface area contributed by atoms with Gasteiger partial charge in [-0.2, -0.15) is 0 Å². The number of hydrogen-bond donors (Lipinski definition) is 0. The third-order valence-corrected chi connectivity index (χ3v) is 9.98. The molecule has 216 valence electrons. The molecule has 0 aliphatic rings. The van der Waals surface area contributed by atoms with E-state index >= 15 is 0 Å². The van der Waals surface area contributed by atoms with Crippen LogP contribution in [0.5, 0.6) is 0 Å². The molecule has 0 aliphatic carbocycles. The van der Waals surface area contributed by atoms with E-state index in [1.165, 1.54) is 98.4 Å². The molecule has 0 unspecified atom stereocenters. The molecule has 2 heteroatoms. The molecule has 0 amide bonds. The Bertz CT molecular complexity index is 2580. The van der Waals surface area contributed by atoms with E-state index in [1.54, 1.807) is 0 Å².